The number of hydrogen-bond donors (Lipinski definition) is 1. The molecule has 0 aromatic heterocycles. The van der Waals surface area contributed by atoms with Gasteiger partial charge in [-0.15, -0.1) is 0 Å². The van der Waals surface area contributed by atoms with E-state index in [9.17, 15) is 0 Å². The molecule has 0 aliphatic heterocycles. The van der Waals surface area contributed by atoms with Crippen molar-refractivity contribution >= 4 is 11.6 Å². The van der Waals surface area contributed by atoms with Crippen molar-refractivity contribution in [3.05, 3.63) is 28.8 Å². The molecule has 1 saturated carbocycles. The average Bonchev–Trinajstić information content (AvgIpc) is 2.38. The first-order valence-electron chi connectivity index (χ1n) is 6.35. The van der Waals surface area contributed by atoms with E-state index in [0.717, 1.165) is 12.3 Å². The Labute approximate surface area is 108 Å². The van der Waals surface area contributed by atoms with Gasteiger partial charge in [0.2, 0.25) is 0 Å². The summed E-state index contributed by atoms with van der Waals surface area (Å²) < 4.78 is 5.14. The van der Waals surface area contributed by atoms with Crippen LogP contribution in [0.3, 0.4) is 0 Å². The van der Waals surface area contributed by atoms with Crippen molar-refractivity contribution in [2.45, 2.75) is 44.7 Å². The smallest absolute Gasteiger partial charge is 0.137 e. The van der Waals surface area contributed by atoms with E-state index in [2.05, 4.69) is 11.4 Å². The van der Waals surface area contributed by atoms with Gasteiger partial charge >= 0.3 is 0 Å². The molecule has 1 aliphatic carbocycles. The fourth-order valence-electron chi connectivity index (χ4n) is 2.39. The molecule has 0 spiro atoms. The molecule has 0 unspecified atom stereocenters. The van der Waals surface area contributed by atoms with Gasteiger partial charge in [-0.2, -0.15) is 0 Å². The Morgan fingerprint density at radius 1 is 1.29 bits per heavy atom. The molecule has 1 fully saturated rings. The predicted molar refractivity (Wildman–Crippen MR) is 71.7 cm³/mol. The number of halogens is 1. The number of hydrogen-bond acceptors (Lipinski definition) is 2. The van der Waals surface area contributed by atoms with E-state index >= 15 is 0 Å². The molecule has 1 N–H and O–H groups in total. The highest BCUT2D eigenvalue weighted by Gasteiger charge is 2.12. The summed E-state index contributed by atoms with van der Waals surface area (Å²) in [5, 5.41) is 4.29. The summed E-state index contributed by atoms with van der Waals surface area (Å²) >= 11 is 6.10. The van der Waals surface area contributed by atoms with Crippen LogP contribution >= 0.6 is 11.6 Å². The lowest BCUT2D eigenvalue weighted by atomic mass is 9.95. The topological polar surface area (TPSA) is 21.3 Å². The minimum absolute atomic E-state index is 0.685. The molecule has 0 radical (unpaired) electrons. The van der Waals surface area contributed by atoms with Gasteiger partial charge in [-0.3, -0.25) is 0 Å². The molecule has 0 amide bonds. The Morgan fingerprint density at radius 2 is 2.06 bits per heavy atom. The van der Waals surface area contributed by atoms with Gasteiger partial charge in [0.05, 0.1) is 12.1 Å². The second-order valence-corrected chi connectivity index (χ2v) is 5.09. The van der Waals surface area contributed by atoms with Gasteiger partial charge in [-0.05, 0) is 30.5 Å². The van der Waals surface area contributed by atoms with Gasteiger partial charge in [0.25, 0.3) is 0 Å². The van der Waals surface area contributed by atoms with Crippen molar-refractivity contribution in [3.63, 3.8) is 0 Å². The third kappa shape index (κ3) is 3.62. The fourth-order valence-corrected chi connectivity index (χ4v) is 2.67. The maximum atomic E-state index is 6.10. The fraction of sp³-hybridized carbons (Fsp3) is 0.571. The molecule has 0 heterocycles. The van der Waals surface area contributed by atoms with Crippen LogP contribution in [-0.4, -0.2) is 13.2 Å². The predicted octanol–water partition coefficient (Wildman–Crippen LogP) is 3.77. The second-order valence-electron chi connectivity index (χ2n) is 4.68. The molecule has 0 saturated heterocycles. The normalized spacial score (nSPS) is 17.1. The van der Waals surface area contributed by atoms with E-state index in [-0.39, 0.29) is 0 Å². The Balaban J connectivity index is 1.87. The molecule has 2 rings (SSSR count). The molecule has 0 bridgehead atoms. The summed E-state index contributed by atoms with van der Waals surface area (Å²) in [6.45, 7) is 0.897. The van der Waals surface area contributed by atoms with Crippen LogP contribution in [0.4, 0.5) is 0 Å². The van der Waals surface area contributed by atoms with Crippen LogP contribution in [0, 0.1) is 0 Å². The highest BCUT2D eigenvalue weighted by Crippen LogP contribution is 2.25. The lowest BCUT2D eigenvalue weighted by molar-refractivity contribution is 0.372. The van der Waals surface area contributed by atoms with Gasteiger partial charge in [0.1, 0.15) is 5.75 Å². The summed E-state index contributed by atoms with van der Waals surface area (Å²) in [7, 11) is 1.64. The molecule has 1 aromatic carbocycles. The highest BCUT2D eigenvalue weighted by atomic mass is 35.5. The number of methoxy groups -OCH3 is 1. The molecule has 0 atom stereocenters. The first kappa shape index (κ1) is 12.7. The molecule has 94 valence electrons. The number of nitrogens with one attached hydrogen (secondary N) is 1. The Kier molecular flexibility index (Phi) is 4.69. The van der Waals surface area contributed by atoms with Crippen LogP contribution in [-0.2, 0) is 6.54 Å². The van der Waals surface area contributed by atoms with E-state index in [1.54, 1.807) is 7.11 Å². The zero-order valence-corrected chi connectivity index (χ0v) is 11.1. The minimum atomic E-state index is 0.685. The van der Waals surface area contributed by atoms with Gasteiger partial charge in [0.15, 0.2) is 0 Å². The van der Waals surface area contributed by atoms with Crippen molar-refractivity contribution in [2.24, 2.45) is 0 Å². The van der Waals surface area contributed by atoms with Crippen molar-refractivity contribution < 1.29 is 4.74 Å². The maximum absolute atomic E-state index is 6.10. The quantitative estimate of drug-likeness (QED) is 0.882. The van der Waals surface area contributed by atoms with E-state index in [1.165, 1.54) is 37.7 Å². The first-order chi connectivity index (χ1) is 8.29. The minimum Gasteiger partial charge on any atom is -0.495 e. The van der Waals surface area contributed by atoms with Crippen LogP contribution in [0.2, 0.25) is 5.02 Å². The Morgan fingerprint density at radius 3 is 2.71 bits per heavy atom. The average molecular weight is 254 g/mol. The second kappa shape index (κ2) is 6.27. The van der Waals surface area contributed by atoms with Gasteiger partial charge in [-0.1, -0.05) is 36.9 Å². The van der Waals surface area contributed by atoms with E-state index < -0.39 is 0 Å². The summed E-state index contributed by atoms with van der Waals surface area (Å²) in [4.78, 5) is 0. The molecular weight excluding hydrogens is 234 g/mol. The summed E-state index contributed by atoms with van der Waals surface area (Å²) in [6, 6.07) is 6.67. The third-order valence-corrected chi connectivity index (χ3v) is 3.71. The first-order valence-corrected chi connectivity index (χ1v) is 6.73. The van der Waals surface area contributed by atoms with E-state index in [0.29, 0.717) is 11.1 Å². The van der Waals surface area contributed by atoms with Crippen molar-refractivity contribution in [2.75, 3.05) is 7.11 Å². The van der Waals surface area contributed by atoms with Crippen LogP contribution in [0.25, 0.3) is 0 Å². The van der Waals surface area contributed by atoms with Crippen molar-refractivity contribution in [1.82, 2.24) is 5.32 Å². The number of ether oxygens (including phenoxy) is 1. The lowest BCUT2D eigenvalue weighted by Gasteiger charge is -2.23. The molecule has 17 heavy (non-hydrogen) atoms. The Bertz CT molecular complexity index is 361. The molecule has 2 nitrogen and oxygen atoms in total. The van der Waals surface area contributed by atoms with Crippen LogP contribution < -0.4 is 10.1 Å². The van der Waals surface area contributed by atoms with E-state index in [4.69, 9.17) is 16.3 Å². The van der Waals surface area contributed by atoms with Gasteiger partial charge in [-0.25, -0.2) is 0 Å². The molecule has 1 aliphatic rings. The van der Waals surface area contributed by atoms with Crippen LogP contribution in [0.1, 0.15) is 37.7 Å². The van der Waals surface area contributed by atoms with Crippen molar-refractivity contribution in [1.29, 1.82) is 0 Å². The molecule has 1 aromatic rings. The SMILES string of the molecule is COc1ccc(CNC2CCCCC2)cc1Cl. The highest BCUT2D eigenvalue weighted by molar-refractivity contribution is 6.32. The zero-order valence-electron chi connectivity index (χ0n) is 10.3. The monoisotopic (exact) mass is 253 g/mol. The molecular formula is C14H20ClNO. The number of rotatable bonds is 4. The van der Waals surface area contributed by atoms with E-state index in [1.807, 2.05) is 12.1 Å². The Hall–Kier alpha value is -0.730. The standard InChI is InChI=1S/C14H20ClNO/c1-17-14-8-7-11(9-13(14)15)10-16-12-5-3-2-4-6-12/h7-9,12,16H,2-6,10H2,1H3. The third-order valence-electron chi connectivity index (χ3n) is 3.42. The maximum Gasteiger partial charge on any atom is 0.137 e. The summed E-state index contributed by atoms with van der Waals surface area (Å²) in [6.07, 6.45) is 6.74. The van der Waals surface area contributed by atoms with Crippen LogP contribution in [0.5, 0.6) is 5.75 Å². The summed E-state index contributed by atoms with van der Waals surface area (Å²) in [5.41, 5.74) is 1.22. The van der Waals surface area contributed by atoms with Gasteiger partial charge < -0.3 is 10.1 Å². The number of benzene rings is 1. The van der Waals surface area contributed by atoms with Gasteiger partial charge in [0, 0.05) is 12.6 Å². The largest absolute Gasteiger partial charge is 0.495 e. The summed E-state index contributed by atoms with van der Waals surface area (Å²) in [5.74, 6) is 0.744. The lowest BCUT2D eigenvalue weighted by Crippen LogP contribution is -2.30. The zero-order chi connectivity index (χ0) is 12.1. The molecule has 3 heteroatoms. The van der Waals surface area contributed by atoms with Crippen molar-refractivity contribution in [3.8, 4) is 5.75 Å². The van der Waals surface area contributed by atoms with Crippen LogP contribution in [0.15, 0.2) is 18.2 Å².